The summed E-state index contributed by atoms with van der Waals surface area (Å²) in [6, 6.07) is 0. The van der Waals surface area contributed by atoms with Crippen molar-refractivity contribution in [3.63, 3.8) is 0 Å². The average Bonchev–Trinajstić information content (AvgIpc) is 3.13. The van der Waals surface area contributed by atoms with Crippen LogP contribution in [0.4, 0.5) is 0 Å². The fourth-order valence-electron chi connectivity index (χ4n) is 4.60. The Morgan fingerprint density at radius 2 is 1.96 bits per heavy atom. The largest absolute Gasteiger partial charge is 0.379 e. The van der Waals surface area contributed by atoms with Crippen LogP contribution < -0.4 is 5.32 Å². The van der Waals surface area contributed by atoms with Crippen LogP contribution in [0.1, 0.15) is 33.1 Å². The maximum Gasteiger partial charge on any atom is 0.224 e. The summed E-state index contributed by atoms with van der Waals surface area (Å²) in [5.41, 5.74) is 0. The number of rotatable bonds is 7. The van der Waals surface area contributed by atoms with Gasteiger partial charge in [0, 0.05) is 52.4 Å². The van der Waals surface area contributed by atoms with Gasteiger partial charge in [-0.1, -0.05) is 13.8 Å². The molecule has 0 aromatic heterocycles. The predicted octanol–water partition coefficient (Wildman–Crippen LogP) is 1.21. The van der Waals surface area contributed by atoms with Gasteiger partial charge in [0.1, 0.15) is 0 Å². The smallest absolute Gasteiger partial charge is 0.224 e. The van der Waals surface area contributed by atoms with Crippen molar-refractivity contribution >= 4 is 5.91 Å². The third kappa shape index (κ3) is 6.19. The van der Waals surface area contributed by atoms with Crippen LogP contribution in [0.15, 0.2) is 0 Å². The Morgan fingerprint density at radius 1 is 1.15 bits per heavy atom. The highest BCUT2D eigenvalue weighted by Gasteiger charge is 2.33. The summed E-state index contributed by atoms with van der Waals surface area (Å²) in [6.45, 7) is 14.0. The lowest BCUT2D eigenvalue weighted by atomic mass is 9.87. The van der Waals surface area contributed by atoms with E-state index in [-0.39, 0.29) is 17.9 Å². The first-order valence-electron chi connectivity index (χ1n) is 10.5. The number of morpholine rings is 1. The van der Waals surface area contributed by atoms with E-state index in [1.165, 1.54) is 0 Å². The number of nitrogens with one attached hydrogen (secondary N) is 1. The number of nitrogens with zero attached hydrogens (tertiary/aromatic N) is 2. The monoisotopic (exact) mass is 367 g/mol. The van der Waals surface area contributed by atoms with Crippen molar-refractivity contribution in [1.82, 2.24) is 15.1 Å². The van der Waals surface area contributed by atoms with Gasteiger partial charge in [-0.25, -0.2) is 0 Å². The average molecular weight is 368 g/mol. The molecule has 6 nitrogen and oxygen atoms in total. The molecule has 26 heavy (non-hydrogen) atoms. The van der Waals surface area contributed by atoms with Gasteiger partial charge in [-0.2, -0.15) is 0 Å². The Labute approximate surface area is 158 Å². The van der Waals surface area contributed by atoms with Gasteiger partial charge >= 0.3 is 0 Å². The van der Waals surface area contributed by atoms with Gasteiger partial charge in [0.05, 0.1) is 25.2 Å². The molecule has 3 aliphatic heterocycles. The summed E-state index contributed by atoms with van der Waals surface area (Å²) in [5, 5.41) is 3.17. The van der Waals surface area contributed by atoms with E-state index in [1.54, 1.807) is 0 Å². The number of hydrogen-bond donors (Lipinski definition) is 1. The fourth-order valence-corrected chi connectivity index (χ4v) is 4.60. The van der Waals surface area contributed by atoms with Crippen LogP contribution in [-0.4, -0.2) is 87.4 Å². The number of carbonyl (C=O) groups excluding carboxylic acids is 1. The molecular weight excluding hydrogens is 330 g/mol. The van der Waals surface area contributed by atoms with E-state index in [1.807, 2.05) is 0 Å². The molecule has 3 saturated heterocycles. The summed E-state index contributed by atoms with van der Waals surface area (Å²) in [5.74, 6) is 1.53. The van der Waals surface area contributed by atoms with Gasteiger partial charge in [-0.3, -0.25) is 9.69 Å². The number of amides is 1. The van der Waals surface area contributed by atoms with E-state index >= 15 is 0 Å². The first-order chi connectivity index (χ1) is 12.6. The van der Waals surface area contributed by atoms with Crippen molar-refractivity contribution in [2.75, 3.05) is 65.6 Å². The Hall–Kier alpha value is -0.690. The van der Waals surface area contributed by atoms with Crippen LogP contribution >= 0.6 is 0 Å². The molecule has 3 aliphatic rings. The van der Waals surface area contributed by atoms with Gasteiger partial charge in [-0.05, 0) is 31.1 Å². The summed E-state index contributed by atoms with van der Waals surface area (Å²) in [6.07, 6.45) is 3.42. The Bertz CT molecular complexity index is 434. The lowest BCUT2D eigenvalue weighted by Crippen LogP contribution is -2.51. The van der Waals surface area contributed by atoms with Gasteiger partial charge in [0.25, 0.3) is 0 Å². The van der Waals surface area contributed by atoms with Crippen LogP contribution in [0, 0.1) is 17.8 Å². The molecule has 0 aromatic rings. The molecule has 3 fully saturated rings. The van der Waals surface area contributed by atoms with E-state index in [0.717, 1.165) is 78.4 Å². The quantitative estimate of drug-likeness (QED) is 0.733. The van der Waals surface area contributed by atoms with Crippen LogP contribution in [0.2, 0.25) is 0 Å². The highest BCUT2D eigenvalue weighted by molar-refractivity contribution is 5.79. The van der Waals surface area contributed by atoms with Crippen molar-refractivity contribution < 1.29 is 14.3 Å². The van der Waals surface area contributed by atoms with Gasteiger partial charge in [-0.15, -0.1) is 0 Å². The molecule has 150 valence electrons. The maximum absolute atomic E-state index is 12.8. The molecule has 0 bridgehead atoms. The van der Waals surface area contributed by atoms with Crippen LogP contribution in [0.5, 0.6) is 0 Å². The summed E-state index contributed by atoms with van der Waals surface area (Å²) in [4.78, 5) is 17.8. The number of hydrogen-bond acceptors (Lipinski definition) is 5. The van der Waals surface area contributed by atoms with Gasteiger partial charge in [0.15, 0.2) is 0 Å². The van der Waals surface area contributed by atoms with E-state index < -0.39 is 0 Å². The first kappa shape index (κ1) is 20.1. The van der Waals surface area contributed by atoms with E-state index in [0.29, 0.717) is 18.4 Å². The zero-order valence-electron chi connectivity index (χ0n) is 16.6. The third-order valence-electron chi connectivity index (χ3n) is 5.76. The van der Waals surface area contributed by atoms with Crippen molar-refractivity contribution in [1.29, 1.82) is 0 Å². The van der Waals surface area contributed by atoms with Crippen LogP contribution in [0.3, 0.4) is 0 Å². The fraction of sp³-hybridized carbons (Fsp3) is 0.950. The molecule has 0 aliphatic carbocycles. The molecule has 0 unspecified atom stereocenters. The summed E-state index contributed by atoms with van der Waals surface area (Å²) < 4.78 is 11.1. The zero-order chi connectivity index (χ0) is 18.4. The number of carbonyl (C=O) groups is 1. The lowest BCUT2D eigenvalue weighted by Gasteiger charge is -2.40. The molecule has 6 heteroatoms. The Kier molecular flexibility index (Phi) is 7.73. The van der Waals surface area contributed by atoms with Gasteiger partial charge in [0.2, 0.25) is 5.91 Å². The highest BCUT2D eigenvalue weighted by atomic mass is 16.5. The first-order valence-corrected chi connectivity index (χ1v) is 10.5. The minimum atomic E-state index is 0.106. The Morgan fingerprint density at radius 3 is 2.65 bits per heavy atom. The molecule has 0 saturated carbocycles. The van der Waals surface area contributed by atoms with E-state index in [9.17, 15) is 4.79 Å². The second-order valence-corrected chi connectivity index (χ2v) is 8.70. The molecule has 3 heterocycles. The normalized spacial score (nSPS) is 31.4. The molecule has 0 radical (unpaired) electrons. The number of piperidine rings is 1. The van der Waals surface area contributed by atoms with Gasteiger partial charge < -0.3 is 19.7 Å². The molecule has 3 rings (SSSR count). The maximum atomic E-state index is 12.8. The summed E-state index contributed by atoms with van der Waals surface area (Å²) in [7, 11) is 0. The van der Waals surface area contributed by atoms with E-state index in [2.05, 4.69) is 29.0 Å². The highest BCUT2D eigenvalue weighted by Crippen LogP contribution is 2.24. The molecule has 0 aromatic carbocycles. The zero-order valence-corrected chi connectivity index (χ0v) is 16.6. The lowest BCUT2D eigenvalue weighted by molar-refractivity contribution is -0.128. The van der Waals surface area contributed by atoms with Crippen molar-refractivity contribution in [2.24, 2.45) is 17.8 Å². The predicted molar refractivity (Wildman–Crippen MR) is 102 cm³/mol. The minimum Gasteiger partial charge on any atom is -0.379 e. The third-order valence-corrected chi connectivity index (χ3v) is 5.76. The van der Waals surface area contributed by atoms with E-state index in [4.69, 9.17) is 9.47 Å². The standard InChI is InChI=1S/C20H37N3O3/c1-16(2)12-23-14-17(13-22-5-8-25-9-6-22)10-18(15-23)20(24)21-11-19-4-3-7-26-19/h16-19H,3-15H2,1-2H3,(H,21,24)/t17-,18-,19+/m1/s1. The summed E-state index contributed by atoms with van der Waals surface area (Å²) >= 11 is 0. The minimum absolute atomic E-state index is 0.106. The second-order valence-electron chi connectivity index (χ2n) is 8.70. The van der Waals surface area contributed by atoms with Crippen molar-refractivity contribution in [3.05, 3.63) is 0 Å². The van der Waals surface area contributed by atoms with Crippen molar-refractivity contribution in [2.45, 2.75) is 39.2 Å². The van der Waals surface area contributed by atoms with Crippen molar-refractivity contribution in [3.8, 4) is 0 Å². The number of ether oxygens (including phenoxy) is 2. The molecular formula is C20H37N3O3. The second kappa shape index (κ2) is 10.0. The molecule has 3 atom stereocenters. The SMILES string of the molecule is CC(C)CN1C[C@@H](CN2CCOCC2)C[C@@H](C(=O)NC[C@@H]2CCCO2)C1. The molecule has 1 amide bonds. The van der Waals surface area contributed by atoms with Crippen LogP contribution in [0.25, 0.3) is 0 Å². The van der Waals surface area contributed by atoms with Crippen LogP contribution in [-0.2, 0) is 14.3 Å². The Balaban J connectivity index is 1.52. The molecule has 1 N–H and O–H groups in total. The molecule has 0 spiro atoms. The topological polar surface area (TPSA) is 54.0 Å². The number of likely N-dealkylation sites (tertiary alicyclic amines) is 1.